The molecule has 4 nitrogen and oxygen atoms in total. The van der Waals surface area contributed by atoms with Gasteiger partial charge in [-0.15, -0.1) is 0 Å². The van der Waals surface area contributed by atoms with E-state index in [1.54, 1.807) is 13.3 Å². The van der Waals surface area contributed by atoms with Gasteiger partial charge in [0.15, 0.2) is 0 Å². The minimum atomic E-state index is 0.433. The number of hydrogen-bond donors (Lipinski definition) is 2. The van der Waals surface area contributed by atoms with Gasteiger partial charge in [0.1, 0.15) is 11.6 Å². The van der Waals surface area contributed by atoms with Crippen molar-refractivity contribution in [2.24, 2.45) is 0 Å². The fraction of sp³-hybridized carbons (Fsp3) is 0.438. The summed E-state index contributed by atoms with van der Waals surface area (Å²) in [5, 5.41) is 3.55. The molecular formula is C16H23N3O. The van der Waals surface area contributed by atoms with Gasteiger partial charge in [-0.2, -0.15) is 0 Å². The fourth-order valence-corrected chi connectivity index (χ4v) is 2.31. The number of benzene rings is 1. The molecule has 0 amide bonds. The molecule has 2 rings (SSSR count). The van der Waals surface area contributed by atoms with Gasteiger partial charge in [-0.1, -0.05) is 18.2 Å². The van der Waals surface area contributed by atoms with Crippen molar-refractivity contribution >= 4 is 0 Å². The summed E-state index contributed by atoms with van der Waals surface area (Å²) in [4.78, 5) is 7.35. The van der Waals surface area contributed by atoms with E-state index in [1.165, 1.54) is 5.56 Å². The van der Waals surface area contributed by atoms with Crippen LogP contribution in [-0.2, 0) is 12.8 Å². The number of aromatic amines is 1. The molecular weight excluding hydrogens is 250 g/mol. The van der Waals surface area contributed by atoms with E-state index in [4.69, 9.17) is 4.74 Å². The van der Waals surface area contributed by atoms with Crippen molar-refractivity contribution in [3.8, 4) is 5.75 Å². The van der Waals surface area contributed by atoms with Gasteiger partial charge in [-0.05, 0) is 37.9 Å². The monoisotopic (exact) mass is 273 g/mol. The number of H-pyrrole nitrogens is 1. The maximum absolute atomic E-state index is 5.38. The second-order valence-electron chi connectivity index (χ2n) is 5.01. The summed E-state index contributed by atoms with van der Waals surface area (Å²) in [6.45, 7) is 3.20. The molecule has 0 aliphatic heterocycles. The lowest BCUT2D eigenvalue weighted by Crippen LogP contribution is -2.29. The topological polar surface area (TPSA) is 49.9 Å². The average Bonchev–Trinajstić information content (AvgIpc) is 2.97. The predicted octanol–water partition coefficient (Wildman–Crippen LogP) is 2.57. The van der Waals surface area contributed by atoms with Crippen LogP contribution in [0.4, 0.5) is 0 Å². The standard InChI is InChI=1S/C16H23N3O/c1-13(12-14-6-3-4-7-15(14)20-2)17-9-5-8-16-18-10-11-19-16/h3-4,6-7,10-11,13,17H,5,8-9,12H2,1-2H3,(H,18,19). The Hall–Kier alpha value is -1.81. The first-order valence-corrected chi connectivity index (χ1v) is 7.13. The highest BCUT2D eigenvalue weighted by Gasteiger charge is 2.07. The molecule has 0 radical (unpaired) electrons. The molecule has 0 saturated heterocycles. The van der Waals surface area contributed by atoms with Crippen LogP contribution in [0, 0.1) is 0 Å². The summed E-state index contributed by atoms with van der Waals surface area (Å²) in [6, 6.07) is 8.63. The fourth-order valence-electron chi connectivity index (χ4n) is 2.31. The van der Waals surface area contributed by atoms with Crippen LogP contribution in [0.2, 0.25) is 0 Å². The molecule has 0 spiro atoms. The summed E-state index contributed by atoms with van der Waals surface area (Å²) in [6.07, 6.45) is 6.72. The van der Waals surface area contributed by atoms with E-state index in [0.29, 0.717) is 6.04 Å². The summed E-state index contributed by atoms with van der Waals surface area (Å²) >= 11 is 0. The summed E-state index contributed by atoms with van der Waals surface area (Å²) in [5.41, 5.74) is 1.25. The van der Waals surface area contributed by atoms with Gasteiger partial charge in [0.25, 0.3) is 0 Å². The zero-order chi connectivity index (χ0) is 14.2. The largest absolute Gasteiger partial charge is 0.496 e. The lowest BCUT2D eigenvalue weighted by molar-refractivity contribution is 0.406. The molecule has 1 atom stereocenters. The van der Waals surface area contributed by atoms with E-state index in [1.807, 2.05) is 18.3 Å². The van der Waals surface area contributed by atoms with Crippen LogP contribution in [-0.4, -0.2) is 29.7 Å². The SMILES string of the molecule is COc1ccccc1CC(C)NCCCc1ncc[nH]1. The first kappa shape index (κ1) is 14.6. The molecule has 0 saturated carbocycles. The van der Waals surface area contributed by atoms with E-state index < -0.39 is 0 Å². The third kappa shape index (κ3) is 4.38. The highest BCUT2D eigenvalue weighted by Crippen LogP contribution is 2.18. The second-order valence-corrected chi connectivity index (χ2v) is 5.01. The van der Waals surface area contributed by atoms with E-state index in [0.717, 1.165) is 37.4 Å². The van der Waals surface area contributed by atoms with Crippen molar-refractivity contribution in [1.82, 2.24) is 15.3 Å². The quantitative estimate of drug-likeness (QED) is 0.727. The normalized spacial score (nSPS) is 12.3. The van der Waals surface area contributed by atoms with Crippen LogP contribution in [0.5, 0.6) is 5.75 Å². The highest BCUT2D eigenvalue weighted by molar-refractivity contribution is 5.33. The second kappa shape index (κ2) is 7.70. The minimum Gasteiger partial charge on any atom is -0.496 e. The zero-order valence-electron chi connectivity index (χ0n) is 12.2. The molecule has 108 valence electrons. The molecule has 1 heterocycles. The van der Waals surface area contributed by atoms with Gasteiger partial charge in [0, 0.05) is 24.9 Å². The van der Waals surface area contributed by atoms with E-state index in [2.05, 4.69) is 34.3 Å². The third-order valence-electron chi connectivity index (χ3n) is 3.36. The van der Waals surface area contributed by atoms with Gasteiger partial charge >= 0.3 is 0 Å². The molecule has 20 heavy (non-hydrogen) atoms. The molecule has 1 unspecified atom stereocenters. The summed E-state index contributed by atoms with van der Waals surface area (Å²) in [7, 11) is 1.72. The van der Waals surface area contributed by atoms with E-state index >= 15 is 0 Å². The Bertz CT molecular complexity index is 496. The molecule has 1 aromatic heterocycles. The number of ether oxygens (including phenoxy) is 1. The number of methoxy groups -OCH3 is 1. The first-order chi connectivity index (χ1) is 9.79. The lowest BCUT2D eigenvalue weighted by Gasteiger charge is -2.15. The van der Waals surface area contributed by atoms with Gasteiger partial charge in [-0.3, -0.25) is 0 Å². The molecule has 0 bridgehead atoms. The van der Waals surface area contributed by atoms with Crippen molar-refractivity contribution < 1.29 is 4.74 Å². The van der Waals surface area contributed by atoms with Crippen LogP contribution < -0.4 is 10.1 Å². The van der Waals surface area contributed by atoms with Crippen LogP contribution in [0.1, 0.15) is 24.7 Å². The Morgan fingerprint density at radius 3 is 2.95 bits per heavy atom. The van der Waals surface area contributed by atoms with Crippen molar-refractivity contribution in [1.29, 1.82) is 0 Å². The Kier molecular flexibility index (Phi) is 5.62. The summed E-state index contributed by atoms with van der Waals surface area (Å²) in [5.74, 6) is 2.03. The van der Waals surface area contributed by atoms with Gasteiger partial charge in [-0.25, -0.2) is 4.98 Å². The molecule has 1 aromatic carbocycles. The van der Waals surface area contributed by atoms with Gasteiger partial charge < -0.3 is 15.0 Å². The number of aryl methyl sites for hydroxylation is 1. The lowest BCUT2D eigenvalue weighted by atomic mass is 10.1. The zero-order valence-corrected chi connectivity index (χ0v) is 12.2. The third-order valence-corrected chi connectivity index (χ3v) is 3.36. The maximum atomic E-state index is 5.38. The molecule has 0 aliphatic carbocycles. The number of nitrogens with one attached hydrogen (secondary N) is 2. The number of nitrogens with zero attached hydrogens (tertiary/aromatic N) is 1. The van der Waals surface area contributed by atoms with Crippen LogP contribution in [0.15, 0.2) is 36.7 Å². The number of imidazole rings is 1. The Balaban J connectivity index is 1.71. The van der Waals surface area contributed by atoms with E-state index in [-0.39, 0.29) is 0 Å². The molecule has 0 aliphatic rings. The number of rotatable bonds is 8. The maximum Gasteiger partial charge on any atom is 0.122 e. The van der Waals surface area contributed by atoms with Crippen LogP contribution in [0.25, 0.3) is 0 Å². The van der Waals surface area contributed by atoms with Crippen molar-refractivity contribution in [2.75, 3.05) is 13.7 Å². The highest BCUT2D eigenvalue weighted by atomic mass is 16.5. The van der Waals surface area contributed by atoms with Crippen LogP contribution >= 0.6 is 0 Å². The Morgan fingerprint density at radius 1 is 1.35 bits per heavy atom. The predicted molar refractivity (Wildman–Crippen MR) is 81.1 cm³/mol. The van der Waals surface area contributed by atoms with E-state index in [9.17, 15) is 0 Å². The number of para-hydroxylation sites is 1. The van der Waals surface area contributed by atoms with Crippen molar-refractivity contribution in [3.63, 3.8) is 0 Å². The minimum absolute atomic E-state index is 0.433. The smallest absolute Gasteiger partial charge is 0.122 e. The first-order valence-electron chi connectivity index (χ1n) is 7.13. The average molecular weight is 273 g/mol. The molecule has 2 aromatic rings. The van der Waals surface area contributed by atoms with Gasteiger partial charge in [0.2, 0.25) is 0 Å². The van der Waals surface area contributed by atoms with Crippen molar-refractivity contribution in [2.45, 2.75) is 32.2 Å². The Morgan fingerprint density at radius 2 is 2.20 bits per heavy atom. The summed E-state index contributed by atoms with van der Waals surface area (Å²) < 4.78 is 5.38. The van der Waals surface area contributed by atoms with Gasteiger partial charge in [0.05, 0.1) is 7.11 Å². The number of hydrogen-bond acceptors (Lipinski definition) is 3. The molecule has 2 N–H and O–H groups in total. The van der Waals surface area contributed by atoms with Crippen molar-refractivity contribution in [3.05, 3.63) is 48.0 Å². The number of aromatic nitrogens is 2. The molecule has 4 heteroatoms. The van der Waals surface area contributed by atoms with Crippen LogP contribution in [0.3, 0.4) is 0 Å². The Labute approximate surface area is 120 Å². The molecule has 0 fully saturated rings.